The van der Waals surface area contributed by atoms with Crippen LogP contribution in [-0.2, 0) is 6.42 Å². The topological polar surface area (TPSA) is 59.9 Å². The Morgan fingerprint density at radius 3 is 2.61 bits per heavy atom. The van der Waals surface area contributed by atoms with E-state index in [9.17, 15) is 0 Å². The molecule has 0 bridgehead atoms. The summed E-state index contributed by atoms with van der Waals surface area (Å²) in [6.07, 6.45) is 0.893. The van der Waals surface area contributed by atoms with Crippen LogP contribution in [0.4, 0.5) is 5.13 Å². The molecule has 0 aliphatic carbocycles. The molecule has 0 saturated carbocycles. The van der Waals surface area contributed by atoms with Crippen molar-refractivity contribution in [1.82, 2.24) is 24.5 Å². The quantitative estimate of drug-likeness (QED) is 0.349. The first kappa shape index (κ1) is 23.3. The van der Waals surface area contributed by atoms with Crippen molar-refractivity contribution in [1.29, 1.82) is 0 Å². The zero-order valence-corrected chi connectivity index (χ0v) is 20.9. The van der Waals surface area contributed by atoms with E-state index in [-0.39, 0.29) is 24.0 Å². The third-order valence-electron chi connectivity index (χ3n) is 4.78. The Morgan fingerprint density at radius 1 is 1.32 bits per heavy atom. The largest absolute Gasteiger partial charge is 0.354 e. The second-order valence-electron chi connectivity index (χ2n) is 6.74. The van der Waals surface area contributed by atoms with E-state index in [2.05, 4.69) is 72.9 Å². The lowest BCUT2D eigenvalue weighted by Gasteiger charge is -2.36. The van der Waals surface area contributed by atoms with Crippen LogP contribution in [0.3, 0.4) is 0 Å². The third kappa shape index (κ3) is 5.77. The highest BCUT2D eigenvalue weighted by Gasteiger charge is 2.23. The van der Waals surface area contributed by atoms with Crippen molar-refractivity contribution in [2.45, 2.75) is 19.4 Å². The molecule has 2 aromatic heterocycles. The molecule has 1 N–H and O–H groups in total. The molecule has 3 rings (SSSR count). The van der Waals surface area contributed by atoms with Crippen LogP contribution in [0.15, 0.2) is 22.5 Å². The molecule has 28 heavy (non-hydrogen) atoms. The lowest BCUT2D eigenvalue weighted by Crippen LogP contribution is -2.53. The number of piperazine rings is 1. The van der Waals surface area contributed by atoms with Gasteiger partial charge in [0.1, 0.15) is 5.82 Å². The molecule has 0 radical (unpaired) electrons. The molecule has 1 unspecified atom stereocenters. The molecule has 156 valence electrons. The first-order valence-electron chi connectivity index (χ1n) is 9.35. The van der Waals surface area contributed by atoms with Gasteiger partial charge in [-0.25, -0.2) is 4.98 Å². The van der Waals surface area contributed by atoms with Crippen LogP contribution in [0, 0.1) is 0 Å². The summed E-state index contributed by atoms with van der Waals surface area (Å²) in [4.78, 5) is 17.4. The summed E-state index contributed by atoms with van der Waals surface area (Å²) in [6.45, 7) is 6.70. The summed E-state index contributed by atoms with van der Waals surface area (Å²) < 4.78 is 4.41. The maximum Gasteiger partial charge on any atom is 0.205 e. The van der Waals surface area contributed by atoms with Gasteiger partial charge in [-0.05, 0) is 25.5 Å². The fourth-order valence-electron chi connectivity index (χ4n) is 3.17. The van der Waals surface area contributed by atoms with Crippen molar-refractivity contribution < 1.29 is 0 Å². The number of rotatable bonds is 6. The predicted molar refractivity (Wildman–Crippen MR) is 131 cm³/mol. The van der Waals surface area contributed by atoms with Gasteiger partial charge in [-0.2, -0.15) is 4.37 Å². The molecule has 1 aliphatic rings. The summed E-state index contributed by atoms with van der Waals surface area (Å²) in [5, 5.41) is 6.75. The minimum atomic E-state index is 0. The van der Waals surface area contributed by atoms with Crippen molar-refractivity contribution in [3.05, 3.63) is 28.2 Å². The Balaban J connectivity index is 0.00000280. The number of anilines is 1. The van der Waals surface area contributed by atoms with Crippen molar-refractivity contribution in [3.63, 3.8) is 0 Å². The minimum absolute atomic E-state index is 0. The van der Waals surface area contributed by atoms with Crippen LogP contribution < -0.4 is 10.2 Å². The number of hydrogen-bond acceptors (Lipinski definition) is 7. The highest BCUT2D eigenvalue weighted by atomic mass is 127. The number of hydrogen-bond donors (Lipinski definition) is 1. The molecule has 1 saturated heterocycles. The molecule has 3 heterocycles. The van der Waals surface area contributed by atoms with Crippen LogP contribution in [-0.4, -0.2) is 79.0 Å². The standard InChI is InChI=1S/C18H29N7S2.HI/c1-5-16-21-18(27-22-16)25-10-8-24(9-11-25)17(19-2)20-13-14(23(3)4)15-7-6-12-26-15;/h6-7,12,14H,5,8-11,13H2,1-4H3,(H,19,20);1H. The van der Waals surface area contributed by atoms with Gasteiger partial charge in [0.2, 0.25) is 5.13 Å². The van der Waals surface area contributed by atoms with E-state index < -0.39 is 0 Å². The number of aromatic nitrogens is 2. The minimum Gasteiger partial charge on any atom is -0.354 e. The van der Waals surface area contributed by atoms with Gasteiger partial charge in [-0.1, -0.05) is 13.0 Å². The number of thiophene rings is 1. The monoisotopic (exact) mass is 535 g/mol. The van der Waals surface area contributed by atoms with Crippen molar-refractivity contribution in [3.8, 4) is 0 Å². The summed E-state index contributed by atoms with van der Waals surface area (Å²) in [5.74, 6) is 1.92. The molecule has 7 nitrogen and oxygen atoms in total. The van der Waals surface area contributed by atoms with Gasteiger partial charge in [0.05, 0.1) is 6.04 Å². The van der Waals surface area contributed by atoms with Gasteiger partial charge in [-0.15, -0.1) is 35.3 Å². The van der Waals surface area contributed by atoms with Crippen LogP contribution in [0.25, 0.3) is 0 Å². The summed E-state index contributed by atoms with van der Waals surface area (Å²) in [5.41, 5.74) is 0. The molecule has 0 amide bonds. The van der Waals surface area contributed by atoms with E-state index in [0.29, 0.717) is 6.04 Å². The van der Waals surface area contributed by atoms with Gasteiger partial charge in [0.25, 0.3) is 0 Å². The molecule has 1 fully saturated rings. The van der Waals surface area contributed by atoms with E-state index in [1.807, 2.05) is 7.05 Å². The zero-order chi connectivity index (χ0) is 19.2. The molecule has 2 aromatic rings. The predicted octanol–water partition coefficient (Wildman–Crippen LogP) is 2.78. The fraction of sp³-hybridized carbons (Fsp3) is 0.611. The Kier molecular flexibility index (Phi) is 9.38. The lowest BCUT2D eigenvalue weighted by atomic mass is 10.2. The first-order valence-corrected chi connectivity index (χ1v) is 11.0. The van der Waals surface area contributed by atoms with Crippen LogP contribution >= 0.6 is 46.8 Å². The van der Waals surface area contributed by atoms with Gasteiger partial charge in [0, 0.05) is 62.6 Å². The highest BCUT2D eigenvalue weighted by Crippen LogP contribution is 2.23. The highest BCUT2D eigenvalue weighted by molar-refractivity contribution is 14.0. The number of likely N-dealkylation sites (N-methyl/N-ethyl adjacent to an activating group) is 1. The lowest BCUT2D eigenvalue weighted by molar-refractivity contribution is 0.296. The van der Waals surface area contributed by atoms with Crippen molar-refractivity contribution in [2.24, 2.45) is 4.99 Å². The maximum absolute atomic E-state index is 4.61. The summed E-state index contributed by atoms with van der Waals surface area (Å²) >= 11 is 3.31. The number of aliphatic imine (C=N–C) groups is 1. The third-order valence-corrected chi connectivity index (χ3v) is 6.57. The number of aryl methyl sites for hydroxylation is 1. The number of nitrogens with zero attached hydrogens (tertiary/aromatic N) is 6. The second kappa shape index (κ2) is 11.3. The van der Waals surface area contributed by atoms with Crippen molar-refractivity contribution in [2.75, 3.05) is 58.8 Å². The molecule has 0 spiro atoms. The average molecular weight is 536 g/mol. The van der Waals surface area contributed by atoms with Gasteiger partial charge in [0.15, 0.2) is 5.96 Å². The fourth-order valence-corrected chi connectivity index (χ4v) is 4.89. The SMILES string of the molecule is CCc1nsc(N2CCN(C(=NC)NCC(c3cccs3)N(C)C)CC2)n1.I. The molecular weight excluding hydrogens is 505 g/mol. The molecule has 0 aromatic carbocycles. The van der Waals surface area contributed by atoms with Gasteiger partial charge < -0.3 is 20.0 Å². The number of halogens is 1. The molecule has 10 heteroatoms. The van der Waals surface area contributed by atoms with Crippen LogP contribution in [0.5, 0.6) is 0 Å². The summed E-state index contributed by atoms with van der Waals surface area (Å²) in [6, 6.07) is 4.66. The smallest absolute Gasteiger partial charge is 0.205 e. The Morgan fingerprint density at radius 2 is 2.07 bits per heavy atom. The van der Waals surface area contributed by atoms with Crippen LogP contribution in [0.1, 0.15) is 23.7 Å². The van der Waals surface area contributed by atoms with E-state index in [0.717, 1.165) is 56.1 Å². The van der Waals surface area contributed by atoms with Crippen molar-refractivity contribution >= 4 is 57.9 Å². The van der Waals surface area contributed by atoms with Gasteiger partial charge >= 0.3 is 0 Å². The van der Waals surface area contributed by atoms with E-state index >= 15 is 0 Å². The average Bonchev–Trinajstić information content (AvgIpc) is 3.37. The summed E-state index contributed by atoms with van der Waals surface area (Å²) in [7, 11) is 6.11. The molecule has 1 atom stereocenters. The molecule has 1 aliphatic heterocycles. The van der Waals surface area contributed by atoms with E-state index in [1.54, 1.807) is 11.3 Å². The second-order valence-corrected chi connectivity index (χ2v) is 8.45. The normalized spacial score (nSPS) is 16.2. The zero-order valence-electron chi connectivity index (χ0n) is 17.0. The van der Waals surface area contributed by atoms with E-state index in [4.69, 9.17) is 0 Å². The maximum atomic E-state index is 4.61. The Labute approximate surface area is 193 Å². The Hall–Kier alpha value is -0.980. The number of guanidine groups is 1. The van der Waals surface area contributed by atoms with E-state index in [1.165, 1.54) is 16.4 Å². The molecular formula is C18H30IN7S2. The van der Waals surface area contributed by atoms with Crippen LogP contribution in [0.2, 0.25) is 0 Å². The van der Waals surface area contributed by atoms with Gasteiger partial charge in [-0.3, -0.25) is 4.99 Å². The number of nitrogens with one attached hydrogen (secondary N) is 1. The Bertz CT molecular complexity index is 724. The first-order chi connectivity index (χ1) is 13.1.